The summed E-state index contributed by atoms with van der Waals surface area (Å²) >= 11 is 0. The molecular weight excluding hydrogens is 166 g/mol. The van der Waals surface area contributed by atoms with Crippen molar-refractivity contribution in [3.8, 4) is 0 Å². The Morgan fingerprint density at radius 1 is 1.69 bits per heavy atom. The van der Waals surface area contributed by atoms with Gasteiger partial charge in [-0.3, -0.25) is 4.79 Å². The van der Waals surface area contributed by atoms with Crippen molar-refractivity contribution in [3.63, 3.8) is 0 Å². The van der Waals surface area contributed by atoms with Crippen LogP contribution in [-0.2, 0) is 4.79 Å². The number of nitrogens with zero attached hydrogens (tertiary/aromatic N) is 1. The second-order valence-corrected chi connectivity index (χ2v) is 4.38. The summed E-state index contributed by atoms with van der Waals surface area (Å²) in [6, 6.07) is 0. The first-order valence-corrected chi connectivity index (χ1v) is 5.15. The molecule has 3 heteroatoms. The average molecular weight is 183 g/mol. The van der Waals surface area contributed by atoms with E-state index in [0.29, 0.717) is 5.92 Å². The largest absolute Gasteiger partial charge is 0.481 e. The van der Waals surface area contributed by atoms with Gasteiger partial charge in [0, 0.05) is 13.1 Å². The molecule has 0 unspecified atom stereocenters. The quantitative estimate of drug-likeness (QED) is 0.699. The summed E-state index contributed by atoms with van der Waals surface area (Å²) in [5.41, 5.74) is -0.379. The van der Waals surface area contributed by atoms with Crippen molar-refractivity contribution in [1.82, 2.24) is 4.90 Å². The molecule has 13 heavy (non-hydrogen) atoms. The molecule has 0 aromatic heterocycles. The van der Waals surface area contributed by atoms with E-state index >= 15 is 0 Å². The number of hydrogen-bond acceptors (Lipinski definition) is 2. The lowest BCUT2D eigenvalue weighted by Crippen LogP contribution is -2.35. The molecule has 74 valence electrons. The fraction of sp³-hybridized carbons (Fsp3) is 0.900. The standard InChI is InChI=1S/C10H17NO2/c1-2-11-6-8-4-3-5-10(8,7-11)9(12)13/h8H,2-7H2,1H3,(H,12,13)/t8-,10+/m0/s1. The van der Waals surface area contributed by atoms with Crippen LogP contribution in [-0.4, -0.2) is 35.6 Å². The molecule has 1 heterocycles. The third-order valence-corrected chi connectivity index (χ3v) is 3.81. The Balaban J connectivity index is 2.20. The average Bonchev–Trinajstić information content (AvgIpc) is 2.58. The number of carboxylic acid groups (broad SMARTS) is 1. The molecule has 0 bridgehead atoms. The van der Waals surface area contributed by atoms with Gasteiger partial charge in [-0.25, -0.2) is 0 Å². The molecule has 2 rings (SSSR count). The SMILES string of the molecule is CCN1C[C@@H]2CCC[C@@]2(C(=O)O)C1. The van der Waals surface area contributed by atoms with E-state index in [4.69, 9.17) is 0 Å². The smallest absolute Gasteiger partial charge is 0.311 e. The zero-order valence-electron chi connectivity index (χ0n) is 8.12. The summed E-state index contributed by atoms with van der Waals surface area (Å²) in [7, 11) is 0. The zero-order chi connectivity index (χ0) is 9.47. The highest BCUT2D eigenvalue weighted by molar-refractivity contribution is 5.76. The number of fused-ring (bicyclic) bond motifs is 1. The number of rotatable bonds is 2. The van der Waals surface area contributed by atoms with Crippen LogP contribution in [0.2, 0.25) is 0 Å². The minimum Gasteiger partial charge on any atom is -0.481 e. The van der Waals surface area contributed by atoms with Crippen molar-refractivity contribution in [2.45, 2.75) is 26.2 Å². The molecule has 0 amide bonds. The fourth-order valence-electron chi connectivity index (χ4n) is 2.98. The van der Waals surface area contributed by atoms with Crippen LogP contribution < -0.4 is 0 Å². The summed E-state index contributed by atoms with van der Waals surface area (Å²) in [6.45, 7) is 4.88. The third kappa shape index (κ3) is 1.17. The summed E-state index contributed by atoms with van der Waals surface area (Å²) in [5, 5.41) is 9.26. The van der Waals surface area contributed by atoms with Gasteiger partial charge in [0.25, 0.3) is 0 Å². The van der Waals surface area contributed by atoms with Gasteiger partial charge in [-0.05, 0) is 25.3 Å². The monoisotopic (exact) mass is 183 g/mol. The number of aliphatic carboxylic acids is 1. The van der Waals surface area contributed by atoms with Gasteiger partial charge < -0.3 is 10.0 Å². The van der Waals surface area contributed by atoms with Crippen molar-refractivity contribution in [2.24, 2.45) is 11.3 Å². The molecular formula is C10H17NO2. The van der Waals surface area contributed by atoms with Gasteiger partial charge in [0.2, 0.25) is 0 Å². The molecule has 1 aliphatic heterocycles. The highest BCUT2D eigenvalue weighted by Gasteiger charge is 2.54. The Kier molecular flexibility index (Phi) is 2.06. The van der Waals surface area contributed by atoms with Crippen molar-refractivity contribution < 1.29 is 9.90 Å². The van der Waals surface area contributed by atoms with Gasteiger partial charge in [0.15, 0.2) is 0 Å². The van der Waals surface area contributed by atoms with Gasteiger partial charge >= 0.3 is 5.97 Å². The van der Waals surface area contributed by atoms with Crippen molar-refractivity contribution in [2.75, 3.05) is 19.6 Å². The van der Waals surface area contributed by atoms with E-state index in [9.17, 15) is 9.90 Å². The lowest BCUT2D eigenvalue weighted by Gasteiger charge is -2.23. The Morgan fingerprint density at radius 3 is 3.00 bits per heavy atom. The summed E-state index contributed by atoms with van der Waals surface area (Å²) in [5.74, 6) is -0.143. The Hall–Kier alpha value is -0.570. The van der Waals surface area contributed by atoms with Crippen LogP contribution in [0.15, 0.2) is 0 Å². The van der Waals surface area contributed by atoms with Crippen molar-refractivity contribution >= 4 is 5.97 Å². The van der Waals surface area contributed by atoms with Crippen LogP contribution in [0.5, 0.6) is 0 Å². The first kappa shape index (κ1) is 9.00. The highest BCUT2D eigenvalue weighted by atomic mass is 16.4. The Bertz CT molecular complexity index is 229. The molecule has 2 atom stereocenters. The number of carbonyl (C=O) groups is 1. The van der Waals surface area contributed by atoms with Crippen molar-refractivity contribution in [3.05, 3.63) is 0 Å². The molecule has 0 spiro atoms. The van der Waals surface area contributed by atoms with Gasteiger partial charge in [-0.1, -0.05) is 13.3 Å². The molecule has 0 radical (unpaired) electrons. The predicted molar refractivity (Wildman–Crippen MR) is 49.5 cm³/mol. The third-order valence-electron chi connectivity index (χ3n) is 3.81. The highest BCUT2D eigenvalue weighted by Crippen LogP contribution is 2.48. The van der Waals surface area contributed by atoms with Gasteiger partial charge in [-0.2, -0.15) is 0 Å². The second kappa shape index (κ2) is 2.98. The topological polar surface area (TPSA) is 40.5 Å². The number of hydrogen-bond donors (Lipinski definition) is 1. The van der Waals surface area contributed by atoms with E-state index in [1.54, 1.807) is 0 Å². The van der Waals surface area contributed by atoms with Crippen LogP contribution in [0.1, 0.15) is 26.2 Å². The zero-order valence-corrected chi connectivity index (χ0v) is 8.12. The maximum absolute atomic E-state index is 11.2. The molecule has 2 fully saturated rings. The van der Waals surface area contributed by atoms with E-state index in [-0.39, 0.29) is 5.41 Å². The molecule has 2 aliphatic rings. The fourth-order valence-corrected chi connectivity index (χ4v) is 2.98. The number of carboxylic acids is 1. The number of likely N-dealkylation sites (tertiary alicyclic amines) is 1. The van der Waals surface area contributed by atoms with Crippen LogP contribution in [0, 0.1) is 11.3 Å². The lowest BCUT2D eigenvalue weighted by atomic mass is 9.81. The molecule has 1 saturated carbocycles. The van der Waals surface area contributed by atoms with Crippen LogP contribution in [0.3, 0.4) is 0 Å². The van der Waals surface area contributed by atoms with E-state index in [2.05, 4.69) is 11.8 Å². The van der Waals surface area contributed by atoms with Crippen molar-refractivity contribution in [1.29, 1.82) is 0 Å². The molecule has 1 saturated heterocycles. The minimum atomic E-state index is -0.564. The van der Waals surface area contributed by atoms with Gasteiger partial charge in [0.05, 0.1) is 5.41 Å². The summed E-state index contributed by atoms with van der Waals surface area (Å²) in [4.78, 5) is 13.5. The first-order valence-electron chi connectivity index (χ1n) is 5.15. The summed E-state index contributed by atoms with van der Waals surface area (Å²) < 4.78 is 0. The molecule has 1 N–H and O–H groups in total. The van der Waals surface area contributed by atoms with Crippen LogP contribution >= 0.6 is 0 Å². The predicted octanol–water partition coefficient (Wildman–Crippen LogP) is 1.19. The molecule has 3 nitrogen and oxygen atoms in total. The van der Waals surface area contributed by atoms with Crippen LogP contribution in [0.25, 0.3) is 0 Å². The second-order valence-electron chi connectivity index (χ2n) is 4.38. The van der Waals surface area contributed by atoms with Gasteiger partial charge in [0.1, 0.15) is 0 Å². The lowest BCUT2D eigenvalue weighted by molar-refractivity contribution is -0.149. The van der Waals surface area contributed by atoms with E-state index in [0.717, 1.165) is 38.9 Å². The normalized spacial score (nSPS) is 39.3. The van der Waals surface area contributed by atoms with E-state index < -0.39 is 5.97 Å². The van der Waals surface area contributed by atoms with Gasteiger partial charge in [-0.15, -0.1) is 0 Å². The Labute approximate surface area is 78.7 Å². The maximum atomic E-state index is 11.2. The Morgan fingerprint density at radius 2 is 2.46 bits per heavy atom. The summed E-state index contributed by atoms with van der Waals surface area (Å²) in [6.07, 6.45) is 3.11. The molecule has 0 aromatic rings. The van der Waals surface area contributed by atoms with Crippen LogP contribution in [0.4, 0.5) is 0 Å². The molecule has 1 aliphatic carbocycles. The molecule has 0 aromatic carbocycles. The van der Waals surface area contributed by atoms with E-state index in [1.807, 2.05) is 0 Å². The maximum Gasteiger partial charge on any atom is 0.311 e. The minimum absolute atomic E-state index is 0.379. The first-order chi connectivity index (χ1) is 6.19. The van der Waals surface area contributed by atoms with E-state index in [1.165, 1.54) is 0 Å².